The zero-order valence-corrected chi connectivity index (χ0v) is 14.0. The van der Waals surface area contributed by atoms with Crippen LogP contribution >= 0.6 is 0 Å². The van der Waals surface area contributed by atoms with Gasteiger partial charge in [-0.05, 0) is 85.9 Å². The Morgan fingerprint density at radius 1 is 0.773 bits per heavy atom. The molecular weight excluding hydrogens is 276 g/mol. The van der Waals surface area contributed by atoms with Crippen molar-refractivity contribution in [2.45, 2.75) is 83.5 Å². The molecule has 1 unspecified atom stereocenters. The average molecular weight is 308 g/mol. The highest BCUT2D eigenvalue weighted by atomic mass is 16.3. The first kappa shape index (κ1) is 15.4. The molecular formula is C19H32O3. The van der Waals surface area contributed by atoms with Crippen LogP contribution in [-0.4, -0.2) is 33.6 Å². The molecule has 0 aromatic heterocycles. The van der Waals surface area contributed by atoms with E-state index in [0.29, 0.717) is 17.8 Å². The van der Waals surface area contributed by atoms with Crippen molar-refractivity contribution in [2.24, 2.45) is 34.5 Å². The van der Waals surface area contributed by atoms with E-state index in [1.54, 1.807) is 0 Å². The van der Waals surface area contributed by atoms with Gasteiger partial charge in [0.25, 0.3) is 0 Å². The predicted octanol–water partition coefficient (Wildman–Crippen LogP) is 2.72. The third kappa shape index (κ3) is 1.91. The van der Waals surface area contributed by atoms with E-state index in [1.807, 2.05) is 0 Å². The number of aliphatic hydroxyl groups excluding tert-OH is 3. The highest BCUT2D eigenvalue weighted by Gasteiger charge is 2.60. The van der Waals surface area contributed by atoms with Crippen molar-refractivity contribution in [1.82, 2.24) is 0 Å². The van der Waals surface area contributed by atoms with Gasteiger partial charge in [0.05, 0.1) is 18.3 Å². The lowest BCUT2D eigenvalue weighted by atomic mass is 9.45. The summed E-state index contributed by atoms with van der Waals surface area (Å²) in [6, 6.07) is 0. The van der Waals surface area contributed by atoms with Gasteiger partial charge in [-0.1, -0.05) is 13.8 Å². The fraction of sp³-hybridized carbons (Fsp3) is 1.00. The minimum atomic E-state index is -0.539. The largest absolute Gasteiger partial charge is 0.393 e. The monoisotopic (exact) mass is 308 g/mol. The molecule has 0 aromatic rings. The summed E-state index contributed by atoms with van der Waals surface area (Å²) >= 11 is 0. The summed E-state index contributed by atoms with van der Waals surface area (Å²) in [7, 11) is 0. The molecule has 4 aliphatic carbocycles. The zero-order chi connectivity index (χ0) is 15.7. The maximum Gasteiger partial charge on any atom is 0.0804 e. The van der Waals surface area contributed by atoms with Crippen molar-refractivity contribution >= 4 is 0 Å². The summed E-state index contributed by atoms with van der Waals surface area (Å²) in [6.07, 6.45) is 7.35. The molecule has 0 aliphatic heterocycles. The van der Waals surface area contributed by atoms with Crippen LogP contribution in [0.2, 0.25) is 0 Å². The molecule has 0 spiro atoms. The molecule has 3 nitrogen and oxygen atoms in total. The first-order valence-electron chi connectivity index (χ1n) is 9.40. The van der Waals surface area contributed by atoms with E-state index in [-0.39, 0.29) is 16.9 Å². The standard InChI is InChI=1S/C19H32O3/c1-18-8-7-14-12(13(18)5-6-17(18)22)4-3-11-9-15(20)16(21)10-19(11,14)2/h11-17,20-22H,3-10H2,1-2H3/t11?,12-,13-,14-,15-,16+,17-,18-,19-/m0/s1. The molecule has 0 bridgehead atoms. The SMILES string of the molecule is C[C@]12CC[C@H]3[C@@H](CCC4C[C@H](O)[C@H](O)C[C@@]43C)[C@@H]1CC[C@@H]2O. The number of hydrogen-bond acceptors (Lipinski definition) is 3. The van der Waals surface area contributed by atoms with E-state index in [4.69, 9.17) is 0 Å². The molecule has 0 aromatic carbocycles. The number of hydrogen-bond donors (Lipinski definition) is 3. The van der Waals surface area contributed by atoms with Crippen molar-refractivity contribution in [3.63, 3.8) is 0 Å². The molecule has 0 heterocycles. The second-order valence-corrected chi connectivity index (χ2v) is 9.37. The second-order valence-electron chi connectivity index (χ2n) is 9.37. The van der Waals surface area contributed by atoms with Gasteiger partial charge < -0.3 is 15.3 Å². The van der Waals surface area contributed by atoms with Crippen LogP contribution < -0.4 is 0 Å². The number of aliphatic hydroxyl groups is 3. The summed E-state index contributed by atoms with van der Waals surface area (Å²) in [5.41, 5.74) is 0.327. The van der Waals surface area contributed by atoms with Crippen molar-refractivity contribution in [3.8, 4) is 0 Å². The molecule has 126 valence electrons. The Morgan fingerprint density at radius 2 is 1.50 bits per heavy atom. The molecule has 0 radical (unpaired) electrons. The fourth-order valence-corrected chi connectivity index (χ4v) is 7.25. The van der Waals surface area contributed by atoms with Crippen LogP contribution in [0.1, 0.15) is 65.2 Å². The lowest BCUT2D eigenvalue weighted by molar-refractivity contribution is -0.162. The average Bonchev–Trinajstić information content (AvgIpc) is 2.77. The molecule has 9 atom stereocenters. The van der Waals surface area contributed by atoms with Crippen LogP contribution in [0.3, 0.4) is 0 Å². The van der Waals surface area contributed by atoms with Crippen molar-refractivity contribution in [1.29, 1.82) is 0 Å². The van der Waals surface area contributed by atoms with Crippen LogP contribution in [0.15, 0.2) is 0 Å². The normalized spacial score (nSPS) is 61.2. The van der Waals surface area contributed by atoms with E-state index in [9.17, 15) is 15.3 Å². The highest BCUT2D eigenvalue weighted by Crippen LogP contribution is 2.66. The van der Waals surface area contributed by atoms with Gasteiger partial charge in [0, 0.05) is 0 Å². The first-order chi connectivity index (χ1) is 10.4. The molecule has 4 fully saturated rings. The summed E-state index contributed by atoms with van der Waals surface area (Å²) in [4.78, 5) is 0. The summed E-state index contributed by atoms with van der Waals surface area (Å²) < 4.78 is 0. The van der Waals surface area contributed by atoms with Crippen LogP contribution in [-0.2, 0) is 0 Å². The lowest BCUT2D eigenvalue weighted by Gasteiger charge is -2.61. The molecule has 4 saturated carbocycles. The maximum atomic E-state index is 10.5. The first-order valence-corrected chi connectivity index (χ1v) is 9.40. The number of fused-ring (bicyclic) bond motifs is 5. The van der Waals surface area contributed by atoms with Gasteiger partial charge in [-0.15, -0.1) is 0 Å². The molecule has 3 heteroatoms. The second kappa shape index (κ2) is 4.94. The van der Waals surface area contributed by atoms with Gasteiger partial charge in [0.1, 0.15) is 0 Å². The van der Waals surface area contributed by atoms with Crippen LogP contribution in [0.4, 0.5) is 0 Å². The van der Waals surface area contributed by atoms with Crippen LogP contribution in [0, 0.1) is 34.5 Å². The summed E-state index contributed by atoms with van der Waals surface area (Å²) in [5, 5.41) is 30.8. The van der Waals surface area contributed by atoms with Gasteiger partial charge in [-0.3, -0.25) is 0 Å². The van der Waals surface area contributed by atoms with E-state index >= 15 is 0 Å². The Bertz CT molecular complexity index is 452. The van der Waals surface area contributed by atoms with Gasteiger partial charge in [-0.25, -0.2) is 0 Å². The Hall–Kier alpha value is -0.120. The van der Waals surface area contributed by atoms with E-state index < -0.39 is 12.2 Å². The highest BCUT2D eigenvalue weighted by molar-refractivity contribution is 5.10. The van der Waals surface area contributed by atoms with E-state index in [0.717, 1.165) is 31.6 Å². The Kier molecular flexibility index (Phi) is 3.46. The molecule has 3 N–H and O–H groups in total. The Labute approximate surface area is 134 Å². The minimum absolute atomic E-state index is 0.109. The third-order valence-corrected chi connectivity index (χ3v) is 8.63. The molecule has 22 heavy (non-hydrogen) atoms. The van der Waals surface area contributed by atoms with E-state index in [2.05, 4.69) is 13.8 Å². The summed E-state index contributed by atoms with van der Waals surface area (Å²) in [5.74, 6) is 2.64. The molecule has 4 aliphatic rings. The van der Waals surface area contributed by atoms with Crippen molar-refractivity contribution < 1.29 is 15.3 Å². The van der Waals surface area contributed by atoms with E-state index in [1.165, 1.54) is 25.7 Å². The molecule has 4 rings (SSSR count). The van der Waals surface area contributed by atoms with Gasteiger partial charge in [-0.2, -0.15) is 0 Å². The lowest BCUT2D eigenvalue weighted by Crippen LogP contribution is -2.57. The number of rotatable bonds is 0. The van der Waals surface area contributed by atoms with Gasteiger partial charge >= 0.3 is 0 Å². The quantitative estimate of drug-likeness (QED) is 0.645. The fourth-order valence-electron chi connectivity index (χ4n) is 7.25. The predicted molar refractivity (Wildman–Crippen MR) is 85.1 cm³/mol. The molecule has 0 saturated heterocycles. The zero-order valence-electron chi connectivity index (χ0n) is 14.0. The van der Waals surface area contributed by atoms with Crippen LogP contribution in [0.25, 0.3) is 0 Å². The topological polar surface area (TPSA) is 60.7 Å². The Morgan fingerprint density at radius 3 is 2.27 bits per heavy atom. The van der Waals surface area contributed by atoms with Gasteiger partial charge in [0.15, 0.2) is 0 Å². The summed E-state index contributed by atoms with van der Waals surface area (Å²) in [6.45, 7) is 4.71. The van der Waals surface area contributed by atoms with Crippen molar-refractivity contribution in [2.75, 3.05) is 0 Å². The Balaban J connectivity index is 1.63. The van der Waals surface area contributed by atoms with Crippen molar-refractivity contribution in [3.05, 3.63) is 0 Å². The smallest absolute Gasteiger partial charge is 0.0804 e. The molecule has 0 amide bonds. The third-order valence-electron chi connectivity index (χ3n) is 8.63. The minimum Gasteiger partial charge on any atom is -0.393 e. The van der Waals surface area contributed by atoms with Gasteiger partial charge in [0.2, 0.25) is 0 Å². The maximum absolute atomic E-state index is 10.5. The van der Waals surface area contributed by atoms with Crippen LogP contribution in [0.5, 0.6) is 0 Å².